The van der Waals surface area contributed by atoms with Crippen LogP contribution in [0.5, 0.6) is 0 Å². The maximum absolute atomic E-state index is 11.5. The number of carbonyl (C=O) groups excluding carboxylic acids is 1. The molecule has 16 heavy (non-hydrogen) atoms. The Morgan fingerprint density at radius 3 is 1.88 bits per heavy atom. The molecule has 0 fully saturated rings. The van der Waals surface area contributed by atoms with E-state index in [0.29, 0.717) is 17.0 Å². The summed E-state index contributed by atoms with van der Waals surface area (Å²) in [4.78, 5) is 11.5. The predicted molar refractivity (Wildman–Crippen MR) is 71.9 cm³/mol. The van der Waals surface area contributed by atoms with Crippen molar-refractivity contribution in [3.63, 3.8) is 0 Å². The number of hydrogen-bond acceptors (Lipinski definition) is 2. The third kappa shape index (κ3) is 3.78. The Morgan fingerprint density at radius 1 is 1.19 bits per heavy atom. The van der Waals surface area contributed by atoms with Gasteiger partial charge in [0.1, 0.15) is 0 Å². The third-order valence-corrected chi connectivity index (χ3v) is 9.08. The lowest BCUT2D eigenvalue weighted by atomic mass is 10.3. The fourth-order valence-corrected chi connectivity index (χ4v) is 6.85. The van der Waals surface area contributed by atoms with Crippen LogP contribution in [0.4, 0.5) is 0 Å². The van der Waals surface area contributed by atoms with Crippen LogP contribution in [0.2, 0.25) is 17.1 Å². The summed E-state index contributed by atoms with van der Waals surface area (Å²) in [6.07, 6.45) is 1.28. The van der Waals surface area contributed by atoms with Crippen LogP contribution >= 0.6 is 0 Å². The molecule has 0 aromatic carbocycles. The van der Waals surface area contributed by atoms with Crippen molar-refractivity contribution in [2.75, 3.05) is 0 Å². The second-order valence-electron chi connectivity index (χ2n) is 5.49. The van der Waals surface area contributed by atoms with E-state index in [2.05, 4.69) is 48.1 Å². The van der Waals surface area contributed by atoms with Crippen LogP contribution < -0.4 is 0 Å². The van der Waals surface area contributed by atoms with Gasteiger partial charge in [-0.2, -0.15) is 0 Å². The van der Waals surface area contributed by atoms with E-state index in [1.807, 2.05) is 0 Å². The van der Waals surface area contributed by atoms with Crippen LogP contribution in [0.1, 0.15) is 41.5 Å². The van der Waals surface area contributed by atoms with Gasteiger partial charge in [0.15, 0.2) is 0 Å². The molecular weight excluding hydrogens is 216 g/mol. The first-order valence-electron chi connectivity index (χ1n) is 6.11. The molecule has 0 aromatic rings. The number of carbonyl (C=O) groups is 1. The molecule has 0 rings (SSSR count). The lowest BCUT2D eigenvalue weighted by Crippen LogP contribution is -2.47. The average molecular weight is 242 g/mol. The summed E-state index contributed by atoms with van der Waals surface area (Å²) in [6, 6.07) is 1.03. The topological polar surface area (TPSA) is 26.3 Å². The molecule has 0 saturated carbocycles. The number of hydrogen-bond donors (Lipinski definition) is 0. The van der Waals surface area contributed by atoms with Crippen molar-refractivity contribution in [2.24, 2.45) is 5.92 Å². The van der Waals surface area contributed by atoms with Crippen molar-refractivity contribution in [3.8, 4) is 0 Å². The van der Waals surface area contributed by atoms with Crippen molar-refractivity contribution < 1.29 is 9.22 Å². The summed E-state index contributed by atoms with van der Waals surface area (Å²) in [6.45, 7) is 16.6. The van der Waals surface area contributed by atoms with Gasteiger partial charge in [-0.1, -0.05) is 48.1 Å². The Balaban J connectivity index is 5.08. The Morgan fingerprint density at radius 2 is 1.62 bits per heavy atom. The first kappa shape index (κ1) is 15.4. The lowest BCUT2D eigenvalue weighted by molar-refractivity contribution is -0.130. The van der Waals surface area contributed by atoms with Crippen LogP contribution in [0.15, 0.2) is 12.7 Å². The quantitative estimate of drug-likeness (QED) is 0.517. The van der Waals surface area contributed by atoms with Crippen molar-refractivity contribution in [1.29, 1.82) is 0 Å². The summed E-state index contributed by atoms with van der Waals surface area (Å²) in [5, 5.41) is 0. The molecule has 0 bridgehead atoms. The van der Waals surface area contributed by atoms with E-state index in [9.17, 15) is 4.79 Å². The predicted octanol–water partition coefficient (Wildman–Crippen LogP) is 4.14. The largest absolute Gasteiger partial charge is 0.515 e. The second kappa shape index (κ2) is 6.23. The van der Waals surface area contributed by atoms with Crippen LogP contribution in [-0.2, 0) is 9.22 Å². The highest BCUT2D eigenvalue weighted by atomic mass is 28.4. The summed E-state index contributed by atoms with van der Waals surface area (Å²) in [7, 11) is -2.02. The third-order valence-electron chi connectivity index (χ3n) is 3.14. The lowest BCUT2D eigenvalue weighted by Gasteiger charge is -2.38. The monoisotopic (exact) mass is 242 g/mol. The van der Waals surface area contributed by atoms with Gasteiger partial charge in [-0.15, -0.1) is 0 Å². The summed E-state index contributed by atoms with van der Waals surface area (Å²) in [5.41, 5.74) is 0.887. The maximum atomic E-state index is 11.5. The molecule has 0 aromatic heterocycles. The molecular formula is C13H26O2Si. The Kier molecular flexibility index (Phi) is 6.01. The Labute approximate surface area is 101 Å². The number of rotatable bonds is 6. The second-order valence-corrected chi connectivity index (χ2v) is 10.3. The van der Waals surface area contributed by atoms with Gasteiger partial charge < -0.3 is 4.43 Å². The molecule has 0 spiro atoms. The Hall–Kier alpha value is -0.573. The van der Waals surface area contributed by atoms with E-state index in [-0.39, 0.29) is 5.97 Å². The van der Waals surface area contributed by atoms with Crippen LogP contribution in [0.25, 0.3) is 0 Å². The standard InChI is InChI=1S/C13H26O2Si/c1-8-13(14)15-16(11(4)5,12(6)7)9-10(2)3/h8,10-12H,1,9H2,2-7H3. The van der Waals surface area contributed by atoms with Gasteiger partial charge >= 0.3 is 5.97 Å². The highest BCUT2D eigenvalue weighted by Gasteiger charge is 2.45. The van der Waals surface area contributed by atoms with Gasteiger partial charge in [-0.25, -0.2) is 4.79 Å². The molecule has 0 saturated heterocycles. The first-order valence-corrected chi connectivity index (χ1v) is 8.38. The molecule has 0 aliphatic carbocycles. The summed E-state index contributed by atoms with van der Waals surface area (Å²) in [5.74, 6) is 0.309. The maximum Gasteiger partial charge on any atom is 0.316 e. The van der Waals surface area contributed by atoms with E-state index in [4.69, 9.17) is 4.43 Å². The highest BCUT2D eigenvalue weighted by molar-refractivity contribution is 6.77. The Bertz CT molecular complexity index is 236. The van der Waals surface area contributed by atoms with Gasteiger partial charge in [-0.05, 0) is 23.0 Å². The van der Waals surface area contributed by atoms with Crippen molar-refractivity contribution in [3.05, 3.63) is 12.7 Å². The molecule has 2 nitrogen and oxygen atoms in total. The molecule has 0 amide bonds. The van der Waals surface area contributed by atoms with E-state index in [0.717, 1.165) is 6.04 Å². The normalized spacial score (nSPS) is 12.3. The van der Waals surface area contributed by atoms with Crippen molar-refractivity contribution >= 4 is 14.3 Å². The van der Waals surface area contributed by atoms with Gasteiger partial charge in [0, 0.05) is 6.08 Å². The molecule has 0 unspecified atom stereocenters. The minimum Gasteiger partial charge on any atom is -0.515 e. The van der Waals surface area contributed by atoms with Crippen LogP contribution in [-0.4, -0.2) is 14.3 Å². The highest BCUT2D eigenvalue weighted by Crippen LogP contribution is 2.39. The molecule has 3 heteroatoms. The molecule has 0 radical (unpaired) electrons. The molecule has 0 N–H and O–H groups in total. The summed E-state index contributed by atoms with van der Waals surface area (Å²) >= 11 is 0. The van der Waals surface area contributed by atoms with Crippen LogP contribution in [0.3, 0.4) is 0 Å². The van der Waals surface area contributed by atoms with Crippen molar-refractivity contribution in [2.45, 2.75) is 58.7 Å². The zero-order chi connectivity index (χ0) is 12.9. The zero-order valence-electron chi connectivity index (χ0n) is 11.5. The molecule has 0 aliphatic heterocycles. The van der Waals surface area contributed by atoms with E-state index in [1.165, 1.54) is 6.08 Å². The minimum atomic E-state index is -2.02. The SMILES string of the molecule is C=CC(=O)O[Si](CC(C)C)(C(C)C)C(C)C. The molecule has 0 atom stereocenters. The molecule has 0 aliphatic rings. The van der Waals surface area contributed by atoms with Crippen molar-refractivity contribution in [1.82, 2.24) is 0 Å². The van der Waals surface area contributed by atoms with Gasteiger partial charge in [-0.3, -0.25) is 0 Å². The molecule has 94 valence electrons. The fraction of sp³-hybridized carbons (Fsp3) is 0.769. The van der Waals surface area contributed by atoms with Gasteiger partial charge in [0.05, 0.1) is 0 Å². The van der Waals surface area contributed by atoms with Gasteiger partial charge in [0.2, 0.25) is 0 Å². The van der Waals surface area contributed by atoms with Gasteiger partial charge in [0.25, 0.3) is 8.32 Å². The van der Waals surface area contributed by atoms with E-state index >= 15 is 0 Å². The minimum absolute atomic E-state index is 0.255. The fourth-order valence-electron chi connectivity index (χ4n) is 2.28. The van der Waals surface area contributed by atoms with E-state index < -0.39 is 8.32 Å². The van der Waals surface area contributed by atoms with Crippen LogP contribution in [0, 0.1) is 5.92 Å². The zero-order valence-corrected chi connectivity index (χ0v) is 12.5. The molecule has 0 heterocycles. The van der Waals surface area contributed by atoms with E-state index in [1.54, 1.807) is 0 Å². The average Bonchev–Trinajstić information content (AvgIpc) is 2.14. The summed E-state index contributed by atoms with van der Waals surface area (Å²) < 4.78 is 5.80. The smallest absolute Gasteiger partial charge is 0.316 e. The first-order chi connectivity index (χ1) is 7.26.